The molecular weight excluding hydrogens is 170 g/mol. The van der Waals surface area contributed by atoms with E-state index in [9.17, 15) is 0 Å². The fourth-order valence-electron chi connectivity index (χ4n) is 2.39. The second-order valence-corrected chi connectivity index (χ2v) is 4.69. The lowest BCUT2D eigenvalue weighted by atomic mass is 9.90. The van der Waals surface area contributed by atoms with Crippen molar-refractivity contribution in [2.75, 3.05) is 7.05 Å². The quantitative estimate of drug-likeness (QED) is 0.606. The van der Waals surface area contributed by atoms with Gasteiger partial charge in [0, 0.05) is 12.6 Å². The lowest BCUT2D eigenvalue weighted by Crippen LogP contribution is -2.35. The van der Waals surface area contributed by atoms with Gasteiger partial charge in [-0.15, -0.1) is 0 Å². The molecule has 1 unspecified atom stereocenters. The van der Waals surface area contributed by atoms with Gasteiger partial charge in [-0.1, -0.05) is 17.7 Å². The first-order valence-corrected chi connectivity index (χ1v) is 5.37. The van der Waals surface area contributed by atoms with Crippen molar-refractivity contribution in [3.8, 4) is 0 Å². The Bertz CT molecular complexity index is 354. The fourth-order valence-corrected chi connectivity index (χ4v) is 2.39. The summed E-state index contributed by atoms with van der Waals surface area (Å²) in [6, 6.07) is 5.32. The molecule has 1 aliphatic heterocycles. The molecule has 0 aliphatic carbocycles. The van der Waals surface area contributed by atoms with Crippen LogP contribution in [-0.2, 0) is 13.0 Å². The molecule has 14 heavy (non-hydrogen) atoms. The van der Waals surface area contributed by atoms with E-state index < -0.39 is 0 Å². The van der Waals surface area contributed by atoms with Crippen LogP contribution in [0.25, 0.3) is 0 Å². The Morgan fingerprint density at radius 2 is 2.00 bits per heavy atom. The summed E-state index contributed by atoms with van der Waals surface area (Å²) in [5, 5.41) is 0. The second kappa shape index (κ2) is 3.39. The highest BCUT2D eigenvalue weighted by Gasteiger charge is 2.20. The van der Waals surface area contributed by atoms with Crippen molar-refractivity contribution >= 4 is 0 Å². The van der Waals surface area contributed by atoms with Crippen molar-refractivity contribution in [3.63, 3.8) is 0 Å². The van der Waals surface area contributed by atoms with Crippen LogP contribution in [0.5, 0.6) is 0 Å². The van der Waals surface area contributed by atoms with Crippen molar-refractivity contribution in [1.29, 1.82) is 0 Å². The van der Waals surface area contributed by atoms with Gasteiger partial charge in [0.1, 0.15) is 0 Å². The monoisotopic (exact) mass is 189 g/mol. The van der Waals surface area contributed by atoms with Crippen molar-refractivity contribution in [2.24, 2.45) is 0 Å². The van der Waals surface area contributed by atoms with Gasteiger partial charge in [0.25, 0.3) is 0 Å². The summed E-state index contributed by atoms with van der Waals surface area (Å²) in [7, 11) is 2.21. The Balaban J connectivity index is 2.46. The molecule has 0 fully saturated rings. The van der Waals surface area contributed by atoms with Crippen molar-refractivity contribution in [3.05, 3.63) is 34.4 Å². The molecule has 0 spiro atoms. The van der Waals surface area contributed by atoms with Gasteiger partial charge in [0.15, 0.2) is 0 Å². The lowest BCUT2D eigenvalue weighted by Gasteiger charge is -2.32. The van der Waals surface area contributed by atoms with E-state index in [0.29, 0.717) is 6.04 Å². The average Bonchev–Trinajstić information content (AvgIpc) is 2.08. The van der Waals surface area contributed by atoms with Gasteiger partial charge >= 0.3 is 0 Å². The maximum atomic E-state index is 2.43. The number of fused-ring (bicyclic) bond motifs is 1. The molecule has 1 heterocycles. The van der Waals surface area contributed by atoms with Crippen LogP contribution in [0.15, 0.2) is 12.1 Å². The van der Waals surface area contributed by atoms with Gasteiger partial charge in [-0.3, -0.25) is 4.90 Å². The smallest absolute Gasteiger partial charge is 0.0236 e. The molecule has 1 aromatic carbocycles. The van der Waals surface area contributed by atoms with Crippen molar-refractivity contribution < 1.29 is 0 Å². The third-order valence-corrected chi connectivity index (χ3v) is 3.38. The number of rotatable bonds is 0. The van der Waals surface area contributed by atoms with Crippen LogP contribution in [0, 0.1) is 13.8 Å². The number of nitrogens with zero attached hydrogens (tertiary/aromatic N) is 1. The maximum Gasteiger partial charge on any atom is 0.0236 e. The Kier molecular flexibility index (Phi) is 2.36. The van der Waals surface area contributed by atoms with Crippen LogP contribution in [0.1, 0.15) is 29.2 Å². The maximum absolute atomic E-state index is 2.43. The van der Waals surface area contributed by atoms with Crippen molar-refractivity contribution in [2.45, 2.75) is 39.8 Å². The molecule has 0 saturated heterocycles. The van der Waals surface area contributed by atoms with E-state index in [1.165, 1.54) is 23.1 Å². The van der Waals surface area contributed by atoms with E-state index in [1.54, 1.807) is 5.56 Å². The predicted molar refractivity (Wildman–Crippen MR) is 60.5 cm³/mol. The standard InChI is InChI=1S/C13H19N/c1-9-5-10(2)13-7-11(3)14(4)8-12(13)6-9/h5-6,11H,7-8H2,1-4H3. The Morgan fingerprint density at radius 1 is 1.29 bits per heavy atom. The summed E-state index contributed by atoms with van der Waals surface area (Å²) >= 11 is 0. The average molecular weight is 189 g/mol. The van der Waals surface area contributed by atoms with Gasteiger partial charge < -0.3 is 0 Å². The first-order valence-electron chi connectivity index (χ1n) is 5.37. The largest absolute Gasteiger partial charge is 0.299 e. The Hall–Kier alpha value is -0.820. The minimum atomic E-state index is 0.684. The summed E-state index contributed by atoms with van der Waals surface area (Å²) in [6.07, 6.45) is 1.21. The molecule has 0 amide bonds. The zero-order chi connectivity index (χ0) is 10.3. The molecule has 76 valence electrons. The molecule has 1 heteroatoms. The van der Waals surface area contributed by atoms with Crippen molar-refractivity contribution in [1.82, 2.24) is 4.90 Å². The SMILES string of the molecule is Cc1cc(C)c2c(c1)CN(C)C(C)C2. The molecule has 0 radical (unpaired) electrons. The number of hydrogen-bond donors (Lipinski definition) is 0. The summed E-state index contributed by atoms with van der Waals surface area (Å²) in [5.41, 5.74) is 5.98. The van der Waals surface area contributed by atoms with Crippen LogP contribution >= 0.6 is 0 Å². The molecule has 0 bridgehead atoms. The van der Waals surface area contributed by atoms with Gasteiger partial charge in [0.05, 0.1) is 0 Å². The topological polar surface area (TPSA) is 3.24 Å². The summed E-state index contributed by atoms with van der Waals surface area (Å²) in [5.74, 6) is 0. The third-order valence-electron chi connectivity index (χ3n) is 3.38. The number of aryl methyl sites for hydroxylation is 2. The molecule has 0 N–H and O–H groups in total. The molecule has 1 atom stereocenters. The molecule has 0 aromatic heterocycles. The molecule has 1 nitrogen and oxygen atoms in total. The minimum Gasteiger partial charge on any atom is -0.299 e. The fraction of sp³-hybridized carbons (Fsp3) is 0.538. The van der Waals surface area contributed by atoms with E-state index >= 15 is 0 Å². The Labute approximate surface area is 86.7 Å². The van der Waals surface area contributed by atoms with Gasteiger partial charge in [0.2, 0.25) is 0 Å². The van der Waals surface area contributed by atoms with E-state index in [1.807, 2.05) is 0 Å². The first kappa shape index (κ1) is 9.72. The zero-order valence-corrected chi connectivity index (χ0v) is 9.59. The van der Waals surface area contributed by atoms with Crippen LogP contribution in [0.2, 0.25) is 0 Å². The van der Waals surface area contributed by atoms with Crippen LogP contribution in [0.3, 0.4) is 0 Å². The normalized spacial score (nSPS) is 22.1. The minimum absolute atomic E-state index is 0.684. The van der Waals surface area contributed by atoms with Gasteiger partial charge in [-0.25, -0.2) is 0 Å². The molecule has 1 aromatic rings. The number of benzene rings is 1. The van der Waals surface area contributed by atoms with Gasteiger partial charge in [-0.2, -0.15) is 0 Å². The van der Waals surface area contributed by atoms with E-state index in [2.05, 4.69) is 44.9 Å². The first-order chi connectivity index (χ1) is 6.58. The van der Waals surface area contributed by atoms with E-state index in [-0.39, 0.29) is 0 Å². The summed E-state index contributed by atoms with van der Waals surface area (Å²) in [6.45, 7) is 7.84. The summed E-state index contributed by atoms with van der Waals surface area (Å²) < 4.78 is 0. The van der Waals surface area contributed by atoms with E-state index in [0.717, 1.165) is 6.54 Å². The summed E-state index contributed by atoms with van der Waals surface area (Å²) in [4.78, 5) is 2.43. The highest BCUT2D eigenvalue weighted by molar-refractivity contribution is 5.40. The van der Waals surface area contributed by atoms with Gasteiger partial charge in [-0.05, 0) is 50.9 Å². The number of likely N-dealkylation sites (N-methyl/N-ethyl adjacent to an activating group) is 1. The molecule has 0 saturated carbocycles. The predicted octanol–water partition coefficient (Wildman–Crippen LogP) is 2.68. The third kappa shape index (κ3) is 1.57. The Morgan fingerprint density at radius 3 is 2.71 bits per heavy atom. The van der Waals surface area contributed by atoms with E-state index in [4.69, 9.17) is 0 Å². The highest BCUT2D eigenvalue weighted by atomic mass is 15.1. The lowest BCUT2D eigenvalue weighted by molar-refractivity contribution is 0.230. The second-order valence-electron chi connectivity index (χ2n) is 4.69. The molecule has 2 rings (SSSR count). The molecule has 1 aliphatic rings. The van der Waals surface area contributed by atoms with Crippen LogP contribution in [0.4, 0.5) is 0 Å². The van der Waals surface area contributed by atoms with Crippen LogP contribution in [-0.4, -0.2) is 18.0 Å². The van der Waals surface area contributed by atoms with Crippen LogP contribution < -0.4 is 0 Å². The number of hydrogen-bond acceptors (Lipinski definition) is 1. The molecular formula is C13H19N. The highest BCUT2D eigenvalue weighted by Crippen LogP contribution is 2.25. The zero-order valence-electron chi connectivity index (χ0n) is 9.59.